The van der Waals surface area contributed by atoms with E-state index in [-0.39, 0.29) is 0 Å². The number of hydrogen-bond donors (Lipinski definition) is 0. The highest BCUT2D eigenvalue weighted by atomic mass is 16.5. The summed E-state index contributed by atoms with van der Waals surface area (Å²) in [4.78, 5) is 29.8. The number of imidazole rings is 1. The number of methoxy groups -OCH3 is 1. The third-order valence-electron chi connectivity index (χ3n) is 3.66. The molecular formula is C15H15N3O3. The van der Waals surface area contributed by atoms with E-state index < -0.39 is 11.7 Å². The molecule has 0 fully saturated rings. The Morgan fingerprint density at radius 3 is 2.76 bits per heavy atom. The first-order valence-corrected chi connectivity index (χ1v) is 6.62. The summed E-state index contributed by atoms with van der Waals surface area (Å²) >= 11 is 0. The van der Waals surface area contributed by atoms with Crippen LogP contribution in [0.15, 0.2) is 30.6 Å². The van der Waals surface area contributed by atoms with E-state index in [2.05, 4.69) is 4.98 Å². The Bertz CT molecular complexity index is 721. The van der Waals surface area contributed by atoms with Crippen LogP contribution in [0.25, 0.3) is 0 Å². The highest BCUT2D eigenvalue weighted by Crippen LogP contribution is 2.32. The van der Waals surface area contributed by atoms with Gasteiger partial charge >= 0.3 is 0 Å². The molecule has 3 rings (SSSR count). The number of anilines is 1. The smallest absolute Gasteiger partial charge is 0.299 e. The molecule has 21 heavy (non-hydrogen) atoms. The minimum atomic E-state index is -0.493. The number of benzene rings is 1. The molecule has 0 aliphatic carbocycles. The second-order valence-electron chi connectivity index (χ2n) is 4.87. The van der Waals surface area contributed by atoms with Crippen LogP contribution in [0.4, 0.5) is 5.69 Å². The average molecular weight is 285 g/mol. The summed E-state index contributed by atoms with van der Waals surface area (Å²) in [6.07, 6.45) is 4.14. The maximum atomic E-state index is 12.1. The molecule has 0 bridgehead atoms. The number of carbonyl (C=O) groups is 2. The first-order valence-electron chi connectivity index (χ1n) is 6.62. The van der Waals surface area contributed by atoms with Gasteiger partial charge in [-0.3, -0.25) is 9.59 Å². The fraction of sp³-hybridized carbons (Fsp3) is 0.267. The van der Waals surface area contributed by atoms with Crippen LogP contribution in [-0.4, -0.2) is 34.9 Å². The molecule has 1 aromatic carbocycles. The Morgan fingerprint density at radius 2 is 2.10 bits per heavy atom. The molecule has 0 unspecified atom stereocenters. The van der Waals surface area contributed by atoms with E-state index in [1.807, 2.05) is 17.8 Å². The number of ketones is 1. The summed E-state index contributed by atoms with van der Waals surface area (Å²) in [6.45, 7) is 0.412. The number of Topliss-reactive ketones (excluding diaryl/α,β-unsaturated/α-hetero) is 1. The molecule has 0 N–H and O–H groups in total. The predicted molar refractivity (Wildman–Crippen MR) is 76.6 cm³/mol. The lowest BCUT2D eigenvalue weighted by atomic mass is 10.1. The number of rotatable bonds is 4. The van der Waals surface area contributed by atoms with Gasteiger partial charge in [-0.05, 0) is 12.1 Å². The molecule has 0 saturated heterocycles. The topological polar surface area (TPSA) is 64.4 Å². The van der Waals surface area contributed by atoms with Gasteiger partial charge < -0.3 is 14.2 Å². The van der Waals surface area contributed by atoms with Gasteiger partial charge in [-0.1, -0.05) is 0 Å². The van der Waals surface area contributed by atoms with Gasteiger partial charge in [0.1, 0.15) is 11.6 Å². The van der Waals surface area contributed by atoms with Crippen LogP contribution in [0.1, 0.15) is 16.2 Å². The van der Waals surface area contributed by atoms with Crippen molar-refractivity contribution in [2.75, 3.05) is 18.6 Å². The van der Waals surface area contributed by atoms with Gasteiger partial charge in [-0.25, -0.2) is 4.98 Å². The third kappa shape index (κ3) is 2.18. The Labute approximate surface area is 122 Å². The van der Waals surface area contributed by atoms with E-state index in [4.69, 9.17) is 4.74 Å². The number of aromatic nitrogens is 2. The quantitative estimate of drug-likeness (QED) is 0.792. The Balaban J connectivity index is 1.88. The van der Waals surface area contributed by atoms with Crippen molar-refractivity contribution in [3.05, 3.63) is 42.0 Å². The van der Waals surface area contributed by atoms with Crippen LogP contribution >= 0.6 is 0 Å². The van der Waals surface area contributed by atoms with Gasteiger partial charge in [-0.15, -0.1) is 0 Å². The van der Waals surface area contributed by atoms with E-state index in [0.717, 1.165) is 5.82 Å². The van der Waals surface area contributed by atoms with Crippen LogP contribution in [0.3, 0.4) is 0 Å². The van der Waals surface area contributed by atoms with Crippen molar-refractivity contribution in [1.82, 2.24) is 9.55 Å². The molecule has 1 amide bonds. The first-order chi connectivity index (χ1) is 10.1. The van der Waals surface area contributed by atoms with Crippen molar-refractivity contribution in [3.63, 3.8) is 0 Å². The maximum absolute atomic E-state index is 12.1. The summed E-state index contributed by atoms with van der Waals surface area (Å²) in [5.41, 5.74) is 1.04. The summed E-state index contributed by atoms with van der Waals surface area (Å²) < 4.78 is 7.06. The number of ether oxygens (including phenoxy) is 1. The van der Waals surface area contributed by atoms with Crippen LogP contribution in [0, 0.1) is 0 Å². The zero-order valence-corrected chi connectivity index (χ0v) is 11.9. The molecule has 1 aliphatic rings. The van der Waals surface area contributed by atoms with E-state index >= 15 is 0 Å². The zero-order chi connectivity index (χ0) is 15.0. The second-order valence-corrected chi connectivity index (χ2v) is 4.87. The van der Waals surface area contributed by atoms with Crippen LogP contribution in [0.2, 0.25) is 0 Å². The van der Waals surface area contributed by atoms with E-state index in [1.54, 1.807) is 31.5 Å². The molecule has 6 nitrogen and oxygen atoms in total. The monoisotopic (exact) mass is 285 g/mol. The lowest BCUT2D eigenvalue weighted by molar-refractivity contribution is -0.114. The highest BCUT2D eigenvalue weighted by molar-refractivity contribution is 6.52. The predicted octanol–water partition coefficient (Wildman–Crippen LogP) is 1.20. The van der Waals surface area contributed by atoms with Crippen molar-refractivity contribution < 1.29 is 14.3 Å². The lowest BCUT2D eigenvalue weighted by Crippen LogP contribution is -2.32. The molecule has 1 aliphatic heterocycles. The number of hydrogen-bond acceptors (Lipinski definition) is 4. The molecule has 108 valence electrons. The Morgan fingerprint density at radius 1 is 1.29 bits per heavy atom. The molecule has 0 atom stereocenters. The second kappa shape index (κ2) is 5.05. The zero-order valence-electron chi connectivity index (χ0n) is 11.9. The van der Waals surface area contributed by atoms with Crippen LogP contribution < -0.4 is 9.64 Å². The van der Waals surface area contributed by atoms with Crippen molar-refractivity contribution in [2.45, 2.75) is 6.42 Å². The fourth-order valence-corrected chi connectivity index (χ4v) is 2.47. The molecule has 0 radical (unpaired) electrons. The Kier molecular flexibility index (Phi) is 3.21. The maximum Gasteiger partial charge on any atom is 0.299 e. The summed E-state index contributed by atoms with van der Waals surface area (Å²) in [7, 11) is 3.45. The molecule has 0 saturated carbocycles. The van der Waals surface area contributed by atoms with E-state index in [1.165, 1.54) is 4.90 Å². The van der Waals surface area contributed by atoms with Gasteiger partial charge in [0.2, 0.25) is 0 Å². The van der Waals surface area contributed by atoms with Gasteiger partial charge in [0.05, 0.1) is 18.4 Å². The van der Waals surface area contributed by atoms with Gasteiger partial charge in [0.25, 0.3) is 11.7 Å². The van der Waals surface area contributed by atoms with E-state index in [9.17, 15) is 9.59 Å². The first kappa shape index (κ1) is 13.4. The van der Waals surface area contributed by atoms with Crippen LogP contribution in [0.5, 0.6) is 5.75 Å². The molecule has 1 aromatic heterocycles. The van der Waals surface area contributed by atoms with Gasteiger partial charge in [0.15, 0.2) is 0 Å². The molecular weight excluding hydrogens is 270 g/mol. The van der Waals surface area contributed by atoms with Crippen molar-refractivity contribution in [2.24, 2.45) is 7.05 Å². The van der Waals surface area contributed by atoms with Crippen molar-refractivity contribution in [3.8, 4) is 5.75 Å². The SMILES string of the molecule is COc1ccc2c(c1)N(CCc1nccn1C)C(=O)C2=O. The molecule has 6 heteroatoms. The van der Waals surface area contributed by atoms with E-state index in [0.29, 0.717) is 30.0 Å². The molecule has 0 spiro atoms. The lowest BCUT2D eigenvalue weighted by Gasteiger charge is -2.16. The van der Waals surface area contributed by atoms with Crippen LogP contribution in [-0.2, 0) is 18.3 Å². The molecule has 2 heterocycles. The highest BCUT2D eigenvalue weighted by Gasteiger charge is 2.35. The number of aryl methyl sites for hydroxylation is 1. The summed E-state index contributed by atoms with van der Waals surface area (Å²) in [5.74, 6) is 0.532. The number of fused-ring (bicyclic) bond motifs is 1. The van der Waals surface area contributed by atoms with Crippen molar-refractivity contribution >= 4 is 17.4 Å². The minimum absolute atomic E-state index is 0.412. The largest absolute Gasteiger partial charge is 0.497 e. The third-order valence-corrected chi connectivity index (χ3v) is 3.66. The number of nitrogens with zero attached hydrogens (tertiary/aromatic N) is 3. The summed E-state index contributed by atoms with van der Waals surface area (Å²) in [5, 5.41) is 0. The molecule has 2 aromatic rings. The van der Waals surface area contributed by atoms with Gasteiger partial charge in [-0.2, -0.15) is 0 Å². The summed E-state index contributed by atoms with van der Waals surface area (Å²) in [6, 6.07) is 5.04. The average Bonchev–Trinajstić information content (AvgIpc) is 3.00. The standard InChI is InChI=1S/C15H15N3O3/c1-17-8-6-16-13(17)5-7-18-12-9-10(21-2)3-4-11(12)14(19)15(18)20/h3-4,6,8-9H,5,7H2,1-2H3. The number of carbonyl (C=O) groups excluding carboxylic acids is 2. The Hall–Kier alpha value is -2.63. The van der Waals surface area contributed by atoms with Crippen molar-refractivity contribution in [1.29, 1.82) is 0 Å². The fourth-order valence-electron chi connectivity index (χ4n) is 2.47. The minimum Gasteiger partial charge on any atom is -0.497 e. The van der Waals surface area contributed by atoms with Gasteiger partial charge in [0, 0.05) is 38.5 Å². The normalized spacial score (nSPS) is 13.7. The number of amides is 1.